The molecule has 46 heavy (non-hydrogen) atoms. The van der Waals surface area contributed by atoms with Gasteiger partial charge in [-0.1, -0.05) is 109 Å². The van der Waals surface area contributed by atoms with E-state index >= 15 is 0 Å². The van der Waals surface area contributed by atoms with Crippen molar-refractivity contribution in [2.24, 2.45) is 0 Å². The van der Waals surface area contributed by atoms with E-state index in [0.717, 1.165) is 50.3 Å². The Morgan fingerprint density at radius 3 is 1.87 bits per heavy atom. The first-order chi connectivity index (χ1) is 22.8. The van der Waals surface area contributed by atoms with Gasteiger partial charge in [0.2, 0.25) is 0 Å². The van der Waals surface area contributed by atoms with Crippen LogP contribution in [-0.2, 0) is 0 Å². The quantitative estimate of drug-likeness (QED) is 0.206. The van der Waals surface area contributed by atoms with Crippen LogP contribution in [0.5, 0.6) is 0 Å². The third-order valence-corrected chi connectivity index (χ3v) is 9.27. The number of rotatable bonds is 3. The lowest BCUT2D eigenvalue weighted by atomic mass is 10.0. The molecule has 0 atom stereocenters. The number of fused-ring (bicyclic) bond motifs is 9. The summed E-state index contributed by atoms with van der Waals surface area (Å²) in [5.74, 6) is 0.822. The topological polar surface area (TPSA) is 35.6 Å². The second-order valence-corrected chi connectivity index (χ2v) is 11.8. The Hall–Kier alpha value is -6.26. The number of nitrogens with zero attached hydrogens (tertiary/aromatic N) is 4. The monoisotopic (exact) mass is 586 g/mol. The van der Waals surface area contributed by atoms with E-state index in [1.165, 1.54) is 37.8 Å². The van der Waals surface area contributed by atoms with E-state index in [-0.39, 0.29) is 0 Å². The molecule has 10 rings (SSSR count). The van der Waals surface area contributed by atoms with Crippen LogP contribution in [0.15, 0.2) is 158 Å². The standard InChI is InChI=1S/C42H26N4/c1-3-14-28(15-4-1)41-42(44-35-21-11-10-20-34(35)43-41)46-36-22-12-9-19-31(36)32-25-33-39(26-38(32)46)45(29-16-5-2-6-17-29)37-24-23-27-13-7-8-18-30(27)40(33)37/h1-26H. The van der Waals surface area contributed by atoms with E-state index in [1.54, 1.807) is 0 Å². The summed E-state index contributed by atoms with van der Waals surface area (Å²) in [6.07, 6.45) is 0. The molecule has 0 aliphatic heterocycles. The first kappa shape index (κ1) is 25.1. The molecule has 0 bridgehead atoms. The highest BCUT2D eigenvalue weighted by molar-refractivity contribution is 6.25. The Morgan fingerprint density at radius 1 is 0.391 bits per heavy atom. The van der Waals surface area contributed by atoms with Crippen LogP contribution in [0.4, 0.5) is 0 Å². The first-order valence-electron chi connectivity index (χ1n) is 15.6. The minimum atomic E-state index is 0.822. The largest absolute Gasteiger partial charge is 0.309 e. The van der Waals surface area contributed by atoms with E-state index in [2.05, 4.69) is 137 Å². The van der Waals surface area contributed by atoms with Gasteiger partial charge in [0.25, 0.3) is 0 Å². The number of hydrogen-bond acceptors (Lipinski definition) is 2. The van der Waals surface area contributed by atoms with Crippen molar-refractivity contribution in [1.82, 2.24) is 19.1 Å². The summed E-state index contributed by atoms with van der Waals surface area (Å²) in [6.45, 7) is 0. The lowest BCUT2D eigenvalue weighted by molar-refractivity contribution is 1.08. The van der Waals surface area contributed by atoms with Crippen LogP contribution in [0.3, 0.4) is 0 Å². The van der Waals surface area contributed by atoms with Gasteiger partial charge < -0.3 is 4.57 Å². The number of para-hydroxylation sites is 4. The van der Waals surface area contributed by atoms with E-state index in [0.29, 0.717) is 0 Å². The van der Waals surface area contributed by atoms with Crippen LogP contribution in [0.1, 0.15) is 0 Å². The van der Waals surface area contributed by atoms with E-state index in [4.69, 9.17) is 9.97 Å². The van der Waals surface area contributed by atoms with Gasteiger partial charge in [-0.25, -0.2) is 9.97 Å². The molecular weight excluding hydrogens is 560 g/mol. The molecule has 0 fully saturated rings. The second kappa shape index (κ2) is 9.62. The SMILES string of the molecule is c1ccc(-c2nc3ccccc3nc2-n2c3ccccc3c3cc4c5c6ccccc6ccc5n(-c5ccccc5)c4cc32)cc1. The molecule has 0 N–H and O–H groups in total. The maximum atomic E-state index is 5.33. The summed E-state index contributed by atoms with van der Waals surface area (Å²) < 4.78 is 4.72. The molecule has 10 aromatic rings. The third kappa shape index (κ3) is 3.55. The molecule has 0 amide bonds. The molecular formula is C42H26N4. The van der Waals surface area contributed by atoms with Crippen LogP contribution < -0.4 is 0 Å². The average Bonchev–Trinajstić information content (AvgIpc) is 3.63. The highest BCUT2D eigenvalue weighted by atomic mass is 15.1. The molecule has 0 aliphatic carbocycles. The van der Waals surface area contributed by atoms with Gasteiger partial charge in [0, 0.05) is 32.8 Å². The molecule has 0 radical (unpaired) electrons. The van der Waals surface area contributed by atoms with Crippen molar-refractivity contribution < 1.29 is 0 Å². The van der Waals surface area contributed by atoms with Crippen LogP contribution in [-0.4, -0.2) is 19.1 Å². The van der Waals surface area contributed by atoms with E-state index < -0.39 is 0 Å². The Bertz CT molecular complexity index is 2790. The Balaban J connectivity index is 1.41. The van der Waals surface area contributed by atoms with Gasteiger partial charge in [-0.2, -0.15) is 0 Å². The zero-order chi connectivity index (χ0) is 30.2. The summed E-state index contributed by atoms with van der Waals surface area (Å²) in [4.78, 5) is 10.6. The number of aromatic nitrogens is 4. The molecule has 214 valence electrons. The smallest absolute Gasteiger partial charge is 0.165 e. The van der Waals surface area contributed by atoms with Crippen molar-refractivity contribution in [3.05, 3.63) is 158 Å². The Morgan fingerprint density at radius 2 is 1.04 bits per heavy atom. The predicted octanol–water partition coefficient (Wildman–Crippen LogP) is 10.6. The zero-order valence-electron chi connectivity index (χ0n) is 24.8. The van der Waals surface area contributed by atoms with Crippen molar-refractivity contribution in [1.29, 1.82) is 0 Å². The molecule has 0 aliphatic rings. The number of benzene rings is 7. The van der Waals surface area contributed by atoms with Crippen LogP contribution in [0, 0.1) is 0 Å². The van der Waals surface area contributed by atoms with E-state index in [1.807, 2.05) is 30.3 Å². The molecule has 4 heteroatoms. The summed E-state index contributed by atoms with van der Waals surface area (Å²) in [5.41, 5.74) is 9.33. The Kier molecular flexibility index (Phi) is 5.25. The zero-order valence-corrected chi connectivity index (χ0v) is 24.8. The highest BCUT2D eigenvalue weighted by Crippen LogP contribution is 2.42. The van der Waals surface area contributed by atoms with Crippen molar-refractivity contribution in [3.8, 4) is 22.8 Å². The van der Waals surface area contributed by atoms with Crippen LogP contribution >= 0.6 is 0 Å². The summed E-state index contributed by atoms with van der Waals surface area (Å²) in [7, 11) is 0. The summed E-state index contributed by atoms with van der Waals surface area (Å²) >= 11 is 0. The van der Waals surface area contributed by atoms with Crippen molar-refractivity contribution in [2.75, 3.05) is 0 Å². The van der Waals surface area contributed by atoms with Gasteiger partial charge in [0.05, 0.1) is 33.1 Å². The lowest BCUT2D eigenvalue weighted by Crippen LogP contribution is -2.03. The molecule has 0 spiro atoms. The first-order valence-corrected chi connectivity index (χ1v) is 15.6. The number of hydrogen-bond donors (Lipinski definition) is 0. The van der Waals surface area contributed by atoms with Crippen molar-refractivity contribution in [3.63, 3.8) is 0 Å². The normalized spacial score (nSPS) is 11.9. The molecule has 0 saturated heterocycles. The summed E-state index contributed by atoms with van der Waals surface area (Å²) in [5, 5.41) is 7.38. The van der Waals surface area contributed by atoms with Gasteiger partial charge in [0.1, 0.15) is 5.69 Å². The second-order valence-electron chi connectivity index (χ2n) is 11.8. The lowest BCUT2D eigenvalue weighted by Gasteiger charge is -2.14. The fourth-order valence-corrected chi connectivity index (χ4v) is 7.27. The maximum Gasteiger partial charge on any atom is 0.165 e. The molecule has 7 aromatic carbocycles. The molecule has 3 aromatic heterocycles. The molecule has 3 heterocycles. The molecule has 4 nitrogen and oxygen atoms in total. The third-order valence-electron chi connectivity index (χ3n) is 9.27. The van der Waals surface area contributed by atoms with Gasteiger partial charge in [-0.15, -0.1) is 0 Å². The average molecular weight is 587 g/mol. The van der Waals surface area contributed by atoms with Crippen LogP contribution in [0.25, 0.3) is 88.2 Å². The fraction of sp³-hybridized carbons (Fsp3) is 0. The molecule has 0 unspecified atom stereocenters. The minimum Gasteiger partial charge on any atom is -0.309 e. The Labute approximate surface area is 264 Å². The van der Waals surface area contributed by atoms with Crippen LogP contribution in [0.2, 0.25) is 0 Å². The maximum absolute atomic E-state index is 5.33. The summed E-state index contributed by atoms with van der Waals surface area (Å²) in [6, 6.07) is 55.9. The highest BCUT2D eigenvalue weighted by Gasteiger charge is 2.22. The van der Waals surface area contributed by atoms with Crippen molar-refractivity contribution in [2.45, 2.75) is 0 Å². The van der Waals surface area contributed by atoms with Crippen molar-refractivity contribution >= 4 is 65.4 Å². The van der Waals surface area contributed by atoms with Gasteiger partial charge >= 0.3 is 0 Å². The minimum absolute atomic E-state index is 0.822. The van der Waals surface area contributed by atoms with Gasteiger partial charge in [-0.3, -0.25) is 4.57 Å². The predicted molar refractivity (Wildman–Crippen MR) is 191 cm³/mol. The molecule has 0 saturated carbocycles. The van der Waals surface area contributed by atoms with Gasteiger partial charge in [-0.05, 0) is 59.3 Å². The van der Waals surface area contributed by atoms with Gasteiger partial charge in [0.15, 0.2) is 5.82 Å². The van der Waals surface area contributed by atoms with E-state index in [9.17, 15) is 0 Å². The fourth-order valence-electron chi connectivity index (χ4n) is 7.27.